The Labute approximate surface area is 126 Å². The summed E-state index contributed by atoms with van der Waals surface area (Å²) in [6.07, 6.45) is 1.55. The van der Waals surface area contributed by atoms with E-state index in [1.54, 1.807) is 20.0 Å². The SMILES string of the molecule is CCOc1c(C)cnc2c1c(=O)n(CC(=O)NC)c(=O)n2C. The number of hydrogen-bond donors (Lipinski definition) is 1. The van der Waals surface area contributed by atoms with Crippen LogP contribution < -0.4 is 21.3 Å². The predicted molar refractivity (Wildman–Crippen MR) is 81.2 cm³/mol. The number of rotatable bonds is 4. The molecule has 1 N–H and O–H groups in total. The zero-order chi connectivity index (χ0) is 16.4. The quantitative estimate of drug-likeness (QED) is 0.825. The molecule has 0 unspecified atom stereocenters. The van der Waals surface area contributed by atoms with Gasteiger partial charge in [0.15, 0.2) is 5.65 Å². The number of nitrogens with one attached hydrogen (secondary N) is 1. The third kappa shape index (κ3) is 2.47. The summed E-state index contributed by atoms with van der Waals surface area (Å²) in [4.78, 5) is 40.6. The normalized spacial score (nSPS) is 10.7. The number of likely N-dealkylation sites (N-methyl/N-ethyl adjacent to an activating group) is 1. The van der Waals surface area contributed by atoms with Crippen LogP contribution in [0.4, 0.5) is 0 Å². The van der Waals surface area contributed by atoms with Crippen molar-refractivity contribution in [1.82, 2.24) is 19.4 Å². The van der Waals surface area contributed by atoms with Crippen molar-refractivity contribution in [3.8, 4) is 5.75 Å². The van der Waals surface area contributed by atoms with Crippen molar-refractivity contribution in [3.05, 3.63) is 32.6 Å². The number of carbonyl (C=O) groups excluding carboxylic acids is 1. The average molecular weight is 306 g/mol. The molecule has 0 bridgehead atoms. The monoisotopic (exact) mass is 306 g/mol. The maximum Gasteiger partial charge on any atom is 0.332 e. The molecule has 1 amide bonds. The Kier molecular flexibility index (Phi) is 4.30. The van der Waals surface area contributed by atoms with Gasteiger partial charge in [0.1, 0.15) is 17.7 Å². The maximum atomic E-state index is 12.7. The molecule has 8 nitrogen and oxygen atoms in total. The topological polar surface area (TPSA) is 95.2 Å². The van der Waals surface area contributed by atoms with Crippen LogP contribution >= 0.6 is 0 Å². The third-order valence-electron chi connectivity index (χ3n) is 3.35. The van der Waals surface area contributed by atoms with Crippen LogP contribution in [0.2, 0.25) is 0 Å². The van der Waals surface area contributed by atoms with Crippen LogP contribution in [0.1, 0.15) is 12.5 Å². The molecular formula is C14H18N4O4. The average Bonchev–Trinajstić information content (AvgIpc) is 2.51. The fraction of sp³-hybridized carbons (Fsp3) is 0.429. The van der Waals surface area contributed by atoms with E-state index in [9.17, 15) is 14.4 Å². The van der Waals surface area contributed by atoms with Crippen molar-refractivity contribution in [2.45, 2.75) is 20.4 Å². The number of aromatic nitrogens is 3. The van der Waals surface area contributed by atoms with Gasteiger partial charge in [0, 0.05) is 25.9 Å². The van der Waals surface area contributed by atoms with Crippen molar-refractivity contribution >= 4 is 16.9 Å². The number of aryl methyl sites for hydroxylation is 2. The molecule has 0 spiro atoms. The lowest BCUT2D eigenvalue weighted by molar-refractivity contribution is -0.121. The smallest absolute Gasteiger partial charge is 0.332 e. The minimum atomic E-state index is -0.597. The van der Waals surface area contributed by atoms with Gasteiger partial charge in [0.2, 0.25) is 5.91 Å². The van der Waals surface area contributed by atoms with Crippen molar-refractivity contribution in [1.29, 1.82) is 0 Å². The van der Waals surface area contributed by atoms with Gasteiger partial charge in [0.25, 0.3) is 5.56 Å². The number of nitrogens with zero attached hydrogens (tertiary/aromatic N) is 3. The molecule has 0 aliphatic carbocycles. The minimum absolute atomic E-state index is 0.202. The number of amides is 1. The van der Waals surface area contributed by atoms with E-state index >= 15 is 0 Å². The highest BCUT2D eigenvalue weighted by molar-refractivity contribution is 5.83. The number of pyridine rings is 1. The Morgan fingerprint density at radius 3 is 2.68 bits per heavy atom. The van der Waals surface area contributed by atoms with Crippen LogP contribution in [-0.2, 0) is 18.4 Å². The van der Waals surface area contributed by atoms with E-state index in [2.05, 4.69) is 10.3 Å². The van der Waals surface area contributed by atoms with Gasteiger partial charge in [-0.05, 0) is 13.8 Å². The minimum Gasteiger partial charge on any atom is -0.493 e. The van der Waals surface area contributed by atoms with Gasteiger partial charge in [-0.1, -0.05) is 0 Å². The van der Waals surface area contributed by atoms with Crippen LogP contribution in [0.15, 0.2) is 15.8 Å². The summed E-state index contributed by atoms with van der Waals surface area (Å²) in [7, 11) is 2.94. The van der Waals surface area contributed by atoms with E-state index in [0.717, 1.165) is 4.57 Å². The zero-order valence-corrected chi connectivity index (χ0v) is 13.0. The summed E-state index contributed by atoms with van der Waals surface area (Å²) in [5.41, 5.74) is -0.255. The van der Waals surface area contributed by atoms with E-state index in [1.807, 2.05) is 0 Å². The predicted octanol–water partition coefficient (Wildman–Crippen LogP) is -0.452. The number of carbonyl (C=O) groups is 1. The molecule has 2 aromatic heterocycles. The Hall–Kier alpha value is -2.64. The van der Waals surface area contributed by atoms with Crippen LogP contribution in [0.25, 0.3) is 11.0 Å². The Balaban J connectivity index is 2.90. The Morgan fingerprint density at radius 2 is 2.09 bits per heavy atom. The Bertz CT molecular complexity index is 851. The fourth-order valence-corrected chi connectivity index (χ4v) is 2.21. The molecule has 2 rings (SSSR count). The highest BCUT2D eigenvalue weighted by Crippen LogP contribution is 2.24. The molecular weight excluding hydrogens is 288 g/mol. The van der Waals surface area contributed by atoms with Gasteiger partial charge in [-0.15, -0.1) is 0 Å². The number of ether oxygens (including phenoxy) is 1. The summed E-state index contributed by atoms with van der Waals surface area (Å²) in [5.74, 6) is -0.0455. The van der Waals surface area contributed by atoms with Gasteiger partial charge in [-0.2, -0.15) is 0 Å². The van der Waals surface area contributed by atoms with Crippen molar-refractivity contribution < 1.29 is 9.53 Å². The van der Waals surface area contributed by atoms with Crippen LogP contribution in [0.3, 0.4) is 0 Å². The lowest BCUT2D eigenvalue weighted by Gasteiger charge is -2.14. The van der Waals surface area contributed by atoms with Crippen LogP contribution in [0, 0.1) is 6.92 Å². The Morgan fingerprint density at radius 1 is 1.41 bits per heavy atom. The first-order chi connectivity index (χ1) is 10.4. The number of hydrogen-bond acceptors (Lipinski definition) is 5. The van der Waals surface area contributed by atoms with Crippen molar-refractivity contribution in [2.24, 2.45) is 7.05 Å². The van der Waals surface area contributed by atoms with Gasteiger partial charge < -0.3 is 10.1 Å². The largest absolute Gasteiger partial charge is 0.493 e. The maximum absolute atomic E-state index is 12.7. The van der Waals surface area contributed by atoms with Crippen LogP contribution in [-0.4, -0.2) is 33.7 Å². The summed E-state index contributed by atoms with van der Waals surface area (Å²) in [6, 6.07) is 0. The lowest BCUT2D eigenvalue weighted by Crippen LogP contribution is -2.43. The first-order valence-electron chi connectivity index (χ1n) is 6.84. The first-order valence-corrected chi connectivity index (χ1v) is 6.84. The molecule has 0 aliphatic rings. The first kappa shape index (κ1) is 15.7. The van der Waals surface area contributed by atoms with E-state index in [0.29, 0.717) is 17.9 Å². The van der Waals surface area contributed by atoms with E-state index in [4.69, 9.17) is 4.74 Å². The molecule has 8 heteroatoms. The molecule has 0 radical (unpaired) electrons. The van der Waals surface area contributed by atoms with Gasteiger partial charge in [0.05, 0.1) is 6.61 Å². The molecule has 0 aromatic carbocycles. The van der Waals surface area contributed by atoms with Gasteiger partial charge in [-0.25, -0.2) is 14.3 Å². The molecule has 0 saturated carbocycles. The highest BCUT2D eigenvalue weighted by Gasteiger charge is 2.19. The van der Waals surface area contributed by atoms with Gasteiger partial charge in [-0.3, -0.25) is 14.2 Å². The molecule has 0 saturated heterocycles. The lowest BCUT2D eigenvalue weighted by atomic mass is 10.2. The second-order valence-corrected chi connectivity index (χ2v) is 4.81. The molecule has 0 aliphatic heterocycles. The van der Waals surface area contributed by atoms with E-state index in [1.165, 1.54) is 18.7 Å². The van der Waals surface area contributed by atoms with E-state index < -0.39 is 17.2 Å². The second-order valence-electron chi connectivity index (χ2n) is 4.81. The van der Waals surface area contributed by atoms with Crippen molar-refractivity contribution in [2.75, 3.05) is 13.7 Å². The van der Waals surface area contributed by atoms with Crippen LogP contribution in [0.5, 0.6) is 5.75 Å². The highest BCUT2D eigenvalue weighted by atomic mass is 16.5. The summed E-state index contributed by atoms with van der Waals surface area (Å²) in [5, 5.41) is 2.59. The molecule has 2 heterocycles. The summed E-state index contributed by atoms with van der Waals surface area (Å²) < 4.78 is 7.66. The molecule has 0 fully saturated rings. The molecule has 118 valence electrons. The number of fused-ring (bicyclic) bond motifs is 1. The molecule has 22 heavy (non-hydrogen) atoms. The molecule has 0 atom stereocenters. The summed E-state index contributed by atoms with van der Waals surface area (Å²) in [6.45, 7) is 3.59. The zero-order valence-electron chi connectivity index (χ0n) is 13.0. The molecule has 2 aromatic rings. The van der Waals surface area contributed by atoms with E-state index in [-0.39, 0.29) is 17.6 Å². The van der Waals surface area contributed by atoms with Crippen molar-refractivity contribution in [3.63, 3.8) is 0 Å². The third-order valence-corrected chi connectivity index (χ3v) is 3.35. The fourth-order valence-electron chi connectivity index (χ4n) is 2.21. The standard InChI is InChI=1S/C14H18N4O4/c1-5-22-11-8(2)6-16-12-10(11)13(20)18(7-9(19)15-3)14(21)17(12)4/h6H,5,7H2,1-4H3,(H,15,19). The summed E-state index contributed by atoms with van der Waals surface area (Å²) >= 11 is 0. The van der Waals surface area contributed by atoms with Gasteiger partial charge >= 0.3 is 5.69 Å². The second kappa shape index (κ2) is 6.00.